The van der Waals surface area contributed by atoms with Gasteiger partial charge in [-0.25, -0.2) is 8.42 Å². The zero-order valence-electron chi connectivity index (χ0n) is 21.1. The number of H-pyrrole nitrogens is 1. The van der Waals surface area contributed by atoms with Crippen LogP contribution in [0.3, 0.4) is 0 Å². The number of fused-ring (bicyclic) bond motifs is 1. The largest absolute Gasteiger partial charge is 0.496 e. The number of methoxy groups -OCH3 is 1. The Labute approximate surface area is 220 Å². The van der Waals surface area contributed by atoms with Gasteiger partial charge in [0.25, 0.3) is 5.91 Å². The van der Waals surface area contributed by atoms with Crippen molar-refractivity contribution in [3.8, 4) is 22.9 Å². The summed E-state index contributed by atoms with van der Waals surface area (Å²) in [6, 6.07) is 15.6. The number of piperazine rings is 1. The molecule has 3 heterocycles. The molecule has 1 aliphatic rings. The minimum Gasteiger partial charge on any atom is -0.496 e. The second-order valence-corrected chi connectivity index (χ2v) is 11.1. The topological polar surface area (TPSA) is 128 Å². The van der Waals surface area contributed by atoms with Crippen LogP contribution in [0, 0.1) is 0 Å². The number of rotatable bonds is 7. The number of sulfonamides is 1. The zero-order chi connectivity index (χ0) is 26.9. The van der Waals surface area contributed by atoms with Gasteiger partial charge in [-0.15, -0.1) is 0 Å². The number of nitrogens with zero attached hydrogens (tertiary/aromatic N) is 3. The highest BCUT2D eigenvalue weighted by Gasteiger charge is 2.28. The van der Waals surface area contributed by atoms with E-state index in [-0.39, 0.29) is 23.2 Å². The molecule has 0 atom stereocenters. The highest BCUT2D eigenvalue weighted by atomic mass is 32.2. The van der Waals surface area contributed by atoms with Gasteiger partial charge in [-0.05, 0) is 43.4 Å². The number of carbonyl (C=O) groups is 1. The molecule has 1 fully saturated rings. The maximum Gasteiger partial charge on any atom is 0.251 e. The quantitative estimate of drug-likeness (QED) is 0.332. The number of ether oxygens (including phenoxy) is 1. The molecule has 198 valence electrons. The van der Waals surface area contributed by atoms with Gasteiger partial charge in [0.2, 0.25) is 10.0 Å². The number of carbonyl (C=O) groups excluding carboxylic acids is 1. The van der Waals surface area contributed by atoms with E-state index in [4.69, 9.17) is 4.74 Å². The molecule has 1 saturated heterocycles. The van der Waals surface area contributed by atoms with Crippen molar-refractivity contribution in [2.45, 2.75) is 11.4 Å². The van der Waals surface area contributed by atoms with E-state index >= 15 is 0 Å². The maximum atomic E-state index is 13.1. The molecule has 0 aliphatic carbocycles. The lowest BCUT2D eigenvalue weighted by Crippen LogP contribution is -2.47. The van der Waals surface area contributed by atoms with E-state index in [1.165, 1.54) is 16.6 Å². The summed E-state index contributed by atoms with van der Waals surface area (Å²) in [7, 11) is -0.122. The second-order valence-electron chi connectivity index (χ2n) is 9.19. The lowest BCUT2D eigenvalue weighted by molar-refractivity contribution is 0.0951. The number of hydrogen-bond acceptors (Lipinski definition) is 7. The second kappa shape index (κ2) is 10.4. The lowest BCUT2D eigenvalue weighted by atomic mass is 10.1. The molecule has 3 N–H and O–H groups in total. The Hall–Kier alpha value is -3.93. The number of aromatic hydroxyl groups is 1. The highest BCUT2D eigenvalue weighted by Crippen LogP contribution is 2.36. The molecule has 0 saturated carbocycles. The average Bonchev–Trinajstić information content (AvgIpc) is 3.27. The summed E-state index contributed by atoms with van der Waals surface area (Å²) < 4.78 is 32.9. The normalized spacial score (nSPS) is 15.0. The summed E-state index contributed by atoms with van der Waals surface area (Å²) in [6.07, 6.45) is 1.31. The summed E-state index contributed by atoms with van der Waals surface area (Å²) in [5, 5.41) is 14.1. The maximum absolute atomic E-state index is 13.1. The molecule has 2 aromatic heterocycles. The first-order valence-corrected chi connectivity index (χ1v) is 13.6. The van der Waals surface area contributed by atoms with E-state index in [2.05, 4.69) is 20.2 Å². The summed E-state index contributed by atoms with van der Waals surface area (Å²) in [4.78, 5) is 22.4. The molecule has 0 spiro atoms. The summed E-state index contributed by atoms with van der Waals surface area (Å²) in [5.41, 5.74) is 2.65. The highest BCUT2D eigenvalue weighted by molar-refractivity contribution is 7.89. The number of pyridine rings is 1. The smallest absolute Gasteiger partial charge is 0.251 e. The van der Waals surface area contributed by atoms with E-state index < -0.39 is 10.0 Å². The first-order chi connectivity index (χ1) is 18.3. The Morgan fingerprint density at radius 3 is 2.58 bits per heavy atom. The fraction of sp³-hybridized carbons (Fsp3) is 0.259. The van der Waals surface area contributed by atoms with Gasteiger partial charge >= 0.3 is 0 Å². The van der Waals surface area contributed by atoms with Crippen molar-refractivity contribution in [2.75, 3.05) is 40.3 Å². The minimum absolute atomic E-state index is 0.0986. The van der Waals surface area contributed by atoms with Crippen LogP contribution in [-0.4, -0.2) is 78.9 Å². The number of benzene rings is 2. The summed E-state index contributed by atoms with van der Waals surface area (Å²) in [5.74, 6) is 0.282. The van der Waals surface area contributed by atoms with E-state index in [0.29, 0.717) is 59.7 Å². The molecule has 4 aromatic rings. The van der Waals surface area contributed by atoms with Gasteiger partial charge in [0.05, 0.1) is 18.4 Å². The average molecular weight is 536 g/mol. The van der Waals surface area contributed by atoms with Crippen molar-refractivity contribution in [2.24, 2.45) is 0 Å². The van der Waals surface area contributed by atoms with Gasteiger partial charge < -0.3 is 25.0 Å². The first kappa shape index (κ1) is 25.7. The third-order valence-electron chi connectivity index (χ3n) is 6.77. The Kier molecular flexibility index (Phi) is 7.06. The SMILES string of the molecule is COc1ccccc1CNC(=O)c1ccc2[nH]c(O)c(-c3ccc(S(=O)(=O)N4CCN(C)CC4)cn3)c2c1. The molecule has 2 aromatic carbocycles. The third-order valence-corrected chi connectivity index (χ3v) is 8.65. The van der Waals surface area contributed by atoms with Crippen LogP contribution >= 0.6 is 0 Å². The Morgan fingerprint density at radius 1 is 1.11 bits per heavy atom. The zero-order valence-corrected chi connectivity index (χ0v) is 22.0. The molecule has 11 heteroatoms. The number of amides is 1. The van der Waals surface area contributed by atoms with Crippen LogP contribution < -0.4 is 10.1 Å². The number of aromatic amines is 1. The van der Waals surface area contributed by atoms with Crippen LogP contribution in [0.25, 0.3) is 22.2 Å². The molecule has 0 radical (unpaired) electrons. The standard InChI is InChI=1S/C27H29N5O5S/c1-31-11-13-32(14-12-31)38(35,36)20-8-10-23(28-17-20)25-21-15-18(7-9-22(21)30-27(25)34)26(33)29-16-19-5-3-4-6-24(19)37-2/h3-10,15,17,30,34H,11-14,16H2,1-2H3,(H,29,33). The molecule has 10 nitrogen and oxygen atoms in total. The van der Waals surface area contributed by atoms with E-state index in [1.54, 1.807) is 31.4 Å². The Balaban J connectivity index is 1.39. The number of likely N-dealkylation sites (N-methyl/N-ethyl adjacent to an activating group) is 1. The monoisotopic (exact) mass is 535 g/mol. The van der Waals surface area contributed by atoms with E-state index in [0.717, 1.165) is 5.56 Å². The van der Waals surface area contributed by atoms with Crippen LogP contribution in [-0.2, 0) is 16.6 Å². The number of para-hydroxylation sites is 1. The molecular weight excluding hydrogens is 506 g/mol. The van der Waals surface area contributed by atoms with Gasteiger partial charge in [-0.1, -0.05) is 18.2 Å². The predicted octanol–water partition coefficient (Wildman–Crippen LogP) is 2.81. The van der Waals surface area contributed by atoms with Gasteiger partial charge in [-0.2, -0.15) is 4.31 Å². The van der Waals surface area contributed by atoms with Gasteiger partial charge in [0, 0.05) is 61.0 Å². The van der Waals surface area contributed by atoms with Gasteiger partial charge in [-0.3, -0.25) is 9.78 Å². The summed E-state index contributed by atoms with van der Waals surface area (Å²) in [6.45, 7) is 2.47. The van der Waals surface area contributed by atoms with Gasteiger partial charge in [0.15, 0.2) is 5.88 Å². The van der Waals surface area contributed by atoms with Crippen LogP contribution in [0.5, 0.6) is 11.6 Å². The third kappa shape index (κ3) is 4.95. The van der Waals surface area contributed by atoms with Crippen molar-refractivity contribution in [1.82, 2.24) is 24.5 Å². The Bertz CT molecular complexity index is 1580. The first-order valence-electron chi connectivity index (χ1n) is 12.2. The fourth-order valence-electron chi connectivity index (χ4n) is 4.56. The van der Waals surface area contributed by atoms with Crippen LogP contribution in [0.2, 0.25) is 0 Å². The molecule has 0 unspecified atom stereocenters. The van der Waals surface area contributed by atoms with E-state index in [1.807, 2.05) is 31.3 Å². The predicted molar refractivity (Wildman–Crippen MR) is 144 cm³/mol. The molecule has 5 rings (SSSR count). The van der Waals surface area contributed by atoms with Crippen LogP contribution in [0.1, 0.15) is 15.9 Å². The molecule has 1 amide bonds. The van der Waals surface area contributed by atoms with Gasteiger partial charge in [0.1, 0.15) is 10.6 Å². The minimum atomic E-state index is -3.66. The summed E-state index contributed by atoms with van der Waals surface area (Å²) >= 11 is 0. The number of aromatic nitrogens is 2. The van der Waals surface area contributed by atoms with Crippen molar-refractivity contribution in [3.05, 3.63) is 71.9 Å². The number of hydrogen-bond donors (Lipinski definition) is 3. The van der Waals surface area contributed by atoms with Crippen LogP contribution in [0.4, 0.5) is 0 Å². The lowest BCUT2D eigenvalue weighted by Gasteiger charge is -2.31. The van der Waals surface area contributed by atoms with E-state index in [9.17, 15) is 18.3 Å². The molecule has 0 bridgehead atoms. The van der Waals surface area contributed by atoms with Crippen molar-refractivity contribution in [3.63, 3.8) is 0 Å². The molecule has 1 aliphatic heterocycles. The van der Waals surface area contributed by atoms with Crippen molar-refractivity contribution < 1.29 is 23.1 Å². The Morgan fingerprint density at radius 2 is 1.87 bits per heavy atom. The molecule has 38 heavy (non-hydrogen) atoms. The van der Waals surface area contributed by atoms with Crippen molar-refractivity contribution >= 4 is 26.8 Å². The molecular formula is C27H29N5O5S. The van der Waals surface area contributed by atoms with Crippen LogP contribution in [0.15, 0.2) is 65.7 Å². The van der Waals surface area contributed by atoms with Crippen molar-refractivity contribution in [1.29, 1.82) is 0 Å². The number of nitrogens with one attached hydrogen (secondary N) is 2. The fourth-order valence-corrected chi connectivity index (χ4v) is 5.93.